The molecule has 1 aliphatic heterocycles. The summed E-state index contributed by atoms with van der Waals surface area (Å²) >= 11 is 1.57. The first-order valence-corrected chi connectivity index (χ1v) is 11.2. The van der Waals surface area contributed by atoms with Crippen LogP contribution in [0.1, 0.15) is 12.7 Å². The van der Waals surface area contributed by atoms with Crippen LogP contribution in [-0.2, 0) is 19.3 Å². The Morgan fingerprint density at radius 3 is 2.74 bits per heavy atom. The molecule has 158 valence electrons. The number of para-hydroxylation sites is 1. The molecular weight excluding hydrogens is 412 g/mol. The number of ether oxygens (including phenoxy) is 2. The fraction of sp³-hybridized carbons (Fsp3) is 0.261. The van der Waals surface area contributed by atoms with Crippen molar-refractivity contribution < 1.29 is 9.47 Å². The molecule has 4 aromatic rings. The van der Waals surface area contributed by atoms with Crippen LogP contribution in [0.3, 0.4) is 0 Å². The van der Waals surface area contributed by atoms with Crippen molar-refractivity contribution in [1.82, 2.24) is 19.1 Å². The van der Waals surface area contributed by atoms with Crippen LogP contribution in [0.2, 0.25) is 0 Å². The maximum Gasteiger partial charge on any atom is 0.261 e. The molecule has 0 atom stereocenters. The van der Waals surface area contributed by atoms with Gasteiger partial charge in [-0.2, -0.15) is 0 Å². The number of rotatable bonds is 5. The molecule has 2 aromatic carbocycles. The predicted molar refractivity (Wildman–Crippen MR) is 121 cm³/mol. The number of hydrogen-bond acceptors (Lipinski definition) is 6. The van der Waals surface area contributed by atoms with E-state index in [1.165, 1.54) is 0 Å². The molecule has 0 radical (unpaired) electrons. The summed E-state index contributed by atoms with van der Waals surface area (Å²) in [6.07, 6.45) is 1.88. The van der Waals surface area contributed by atoms with Crippen LogP contribution in [0.4, 0.5) is 0 Å². The van der Waals surface area contributed by atoms with Crippen LogP contribution in [0, 0.1) is 0 Å². The second kappa shape index (κ2) is 8.11. The molecule has 3 heterocycles. The Balaban J connectivity index is 1.44. The Kier molecular flexibility index (Phi) is 5.15. The van der Waals surface area contributed by atoms with Crippen molar-refractivity contribution in [2.45, 2.75) is 24.4 Å². The summed E-state index contributed by atoms with van der Waals surface area (Å²) in [6.45, 7) is 4.00. The molecule has 0 saturated heterocycles. The summed E-state index contributed by atoms with van der Waals surface area (Å²) in [7, 11) is 1.77. The van der Waals surface area contributed by atoms with Gasteiger partial charge in [-0.05, 0) is 37.3 Å². The van der Waals surface area contributed by atoms with Gasteiger partial charge in [0.25, 0.3) is 5.56 Å². The number of fused-ring (bicyclic) bond motifs is 2. The van der Waals surface area contributed by atoms with E-state index in [0.717, 1.165) is 45.8 Å². The highest BCUT2D eigenvalue weighted by Gasteiger charge is 2.17. The Morgan fingerprint density at radius 1 is 1.10 bits per heavy atom. The lowest BCUT2D eigenvalue weighted by atomic mass is 10.1. The third kappa shape index (κ3) is 3.57. The fourth-order valence-electron chi connectivity index (χ4n) is 3.73. The maximum atomic E-state index is 12.7. The topological polar surface area (TPSA) is 71.2 Å². The number of imidazole rings is 1. The van der Waals surface area contributed by atoms with E-state index in [2.05, 4.69) is 16.5 Å². The third-order valence-corrected chi connectivity index (χ3v) is 6.37. The molecule has 8 heteroatoms. The minimum absolute atomic E-state index is 0.0306. The van der Waals surface area contributed by atoms with E-state index in [1.54, 1.807) is 23.4 Å². The number of nitrogens with zero attached hydrogens (tertiary/aromatic N) is 4. The van der Waals surface area contributed by atoms with Gasteiger partial charge in [-0.15, -0.1) is 0 Å². The largest absolute Gasteiger partial charge is 0.486 e. The summed E-state index contributed by atoms with van der Waals surface area (Å²) in [6, 6.07) is 13.4. The Labute approximate surface area is 183 Å². The quantitative estimate of drug-likeness (QED) is 0.444. The number of aromatic nitrogens is 4. The van der Waals surface area contributed by atoms with Gasteiger partial charge in [-0.25, -0.2) is 9.97 Å². The average molecular weight is 435 g/mol. The van der Waals surface area contributed by atoms with Crippen molar-refractivity contribution in [2.24, 2.45) is 7.05 Å². The molecule has 0 saturated carbocycles. The molecular formula is C23H22N4O3S. The molecule has 0 spiro atoms. The highest BCUT2D eigenvalue weighted by atomic mass is 32.2. The normalized spacial score (nSPS) is 13.0. The lowest BCUT2D eigenvalue weighted by molar-refractivity contribution is 0.171. The highest BCUT2D eigenvalue weighted by Crippen LogP contribution is 2.36. The van der Waals surface area contributed by atoms with Crippen molar-refractivity contribution in [2.75, 3.05) is 13.2 Å². The molecule has 7 nitrogen and oxygen atoms in total. The molecule has 1 aliphatic rings. The van der Waals surface area contributed by atoms with E-state index in [9.17, 15) is 4.79 Å². The van der Waals surface area contributed by atoms with Gasteiger partial charge in [-0.1, -0.05) is 23.9 Å². The smallest absolute Gasteiger partial charge is 0.261 e. The zero-order valence-electron chi connectivity index (χ0n) is 17.4. The van der Waals surface area contributed by atoms with Crippen molar-refractivity contribution in [1.29, 1.82) is 0 Å². The zero-order chi connectivity index (χ0) is 21.4. The molecule has 2 aromatic heterocycles. The van der Waals surface area contributed by atoms with Gasteiger partial charge in [0.15, 0.2) is 16.7 Å². The minimum atomic E-state index is -0.0306. The summed E-state index contributed by atoms with van der Waals surface area (Å²) in [5.41, 5.74) is 2.73. The summed E-state index contributed by atoms with van der Waals surface area (Å²) in [5, 5.41) is 1.52. The Bertz CT molecular complexity index is 1330. The van der Waals surface area contributed by atoms with E-state index in [1.807, 2.05) is 48.7 Å². The summed E-state index contributed by atoms with van der Waals surface area (Å²) < 4.78 is 15.1. The van der Waals surface area contributed by atoms with Gasteiger partial charge in [0.05, 0.1) is 28.5 Å². The van der Waals surface area contributed by atoms with Gasteiger partial charge in [0.2, 0.25) is 0 Å². The molecule has 0 fully saturated rings. The number of thioether (sulfide) groups is 1. The van der Waals surface area contributed by atoms with E-state index >= 15 is 0 Å². The fourth-order valence-corrected chi connectivity index (χ4v) is 4.76. The van der Waals surface area contributed by atoms with Crippen molar-refractivity contribution >= 4 is 22.7 Å². The third-order valence-electron chi connectivity index (χ3n) is 5.38. The van der Waals surface area contributed by atoms with Crippen molar-refractivity contribution in [3.63, 3.8) is 0 Å². The first kappa shape index (κ1) is 19.7. The van der Waals surface area contributed by atoms with Crippen molar-refractivity contribution in [3.05, 3.63) is 64.8 Å². The summed E-state index contributed by atoms with van der Waals surface area (Å²) in [5.74, 6) is 2.81. The van der Waals surface area contributed by atoms with Gasteiger partial charge >= 0.3 is 0 Å². The van der Waals surface area contributed by atoms with Gasteiger partial charge in [0.1, 0.15) is 19.0 Å². The Hall–Kier alpha value is -3.26. The van der Waals surface area contributed by atoms with E-state index < -0.39 is 0 Å². The molecule has 0 bridgehead atoms. The van der Waals surface area contributed by atoms with Gasteiger partial charge < -0.3 is 14.0 Å². The molecule has 31 heavy (non-hydrogen) atoms. The minimum Gasteiger partial charge on any atom is -0.486 e. The molecule has 0 N–H and O–H groups in total. The van der Waals surface area contributed by atoms with Gasteiger partial charge in [-0.3, -0.25) is 9.36 Å². The van der Waals surface area contributed by atoms with Crippen LogP contribution in [0.15, 0.2) is 58.6 Å². The first-order chi connectivity index (χ1) is 15.2. The number of benzene rings is 2. The van der Waals surface area contributed by atoms with Crippen LogP contribution in [0.5, 0.6) is 11.5 Å². The first-order valence-electron chi connectivity index (χ1n) is 10.2. The molecule has 0 aliphatic carbocycles. The van der Waals surface area contributed by atoms with Crippen molar-refractivity contribution in [3.8, 4) is 22.8 Å². The highest BCUT2D eigenvalue weighted by molar-refractivity contribution is 7.98. The lowest BCUT2D eigenvalue weighted by Crippen LogP contribution is -2.22. The monoisotopic (exact) mass is 434 g/mol. The maximum absolute atomic E-state index is 12.7. The second-order valence-corrected chi connectivity index (χ2v) is 8.17. The van der Waals surface area contributed by atoms with Crippen LogP contribution in [0.25, 0.3) is 22.2 Å². The lowest BCUT2D eigenvalue weighted by Gasteiger charge is -2.19. The second-order valence-electron chi connectivity index (χ2n) is 7.23. The van der Waals surface area contributed by atoms with E-state index in [-0.39, 0.29) is 5.56 Å². The van der Waals surface area contributed by atoms with Crippen LogP contribution < -0.4 is 15.0 Å². The van der Waals surface area contributed by atoms with Crippen LogP contribution >= 0.6 is 11.8 Å². The van der Waals surface area contributed by atoms with Gasteiger partial charge in [0, 0.05) is 19.2 Å². The van der Waals surface area contributed by atoms with Crippen LogP contribution in [-0.4, -0.2) is 32.3 Å². The van der Waals surface area contributed by atoms with E-state index in [4.69, 9.17) is 14.5 Å². The Morgan fingerprint density at radius 2 is 1.90 bits per heavy atom. The average Bonchev–Trinajstić information content (AvgIpc) is 3.23. The van der Waals surface area contributed by atoms with E-state index in [0.29, 0.717) is 24.4 Å². The zero-order valence-corrected chi connectivity index (χ0v) is 18.2. The predicted octanol–water partition coefficient (Wildman–Crippen LogP) is 3.88. The molecule has 0 amide bonds. The number of hydrogen-bond donors (Lipinski definition) is 0. The SMILES string of the molecule is CCn1c(-c2ccc3c(c2)OCCO3)cnc1SCc1nc2ccccc2c(=O)n1C. The molecule has 0 unspecified atom stereocenters. The summed E-state index contributed by atoms with van der Waals surface area (Å²) in [4.78, 5) is 22.0. The standard InChI is InChI=1S/C23H22N4O3S/c1-3-27-18(15-8-9-19-20(12-15)30-11-10-29-19)13-24-23(27)31-14-21-25-17-7-5-4-6-16(17)22(28)26(21)2/h4-9,12-13H,3,10-11,14H2,1-2H3. The molecule has 5 rings (SSSR count).